The first-order chi connectivity index (χ1) is 13.4. The molecule has 0 aliphatic heterocycles. The summed E-state index contributed by atoms with van der Waals surface area (Å²) in [4.78, 5) is 17.2. The lowest BCUT2D eigenvalue weighted by atomic mass is 10.1. The number of hydrogen-bond donors (Lipinski definition) is 1. The Morgan fingerprint density at radius 3 is 2.75 bits per heavy atom. The number of aryl methyl sites for hydroxylation is 2. The molecular weight excluding hydrogens is 372 g/mol. The van der Waals surface area contributed by atoms with Gasteiger partial charge in [0.1, 0.15) is 0 Å². The molecule has 0 aliphatic carbocycles. The number of amides is 1. The van der Waals surface area contributed by atoms with Gasteiger partial charge in [0.05, 0.1) is 15.9 Å². The van der Waals surface area contributed by atoms with E-state index in [2.05, 4.69) is 15.4 Å². The van der Waals surface area contributed by atoms with E-state index in [-0.39, 0.29) is 11.9 Å². The fourth-order valence-corrected chi connectivity index (χ4v) is 4.24. The summed E-state index contributed by atoms with van der Waals surface area (Å²) in [7, 11) is 1.93. The minimum absolute atomic E-state index is 0.0369. The third-order valence-corrected chi connectivity index (χ3v) is 5.93. The van der Waals surface area contributed by atoms with Gasteiger partial charge in [0, 0.05) is 18.8 Å². The van der Waals surface area contributed by atoms with Gasteiger partial charge in [0.2, 0.25) is 0 Å². The van der Waals surface area contributed by atoms with Gasteiger partial charge in [-0.3, -0.25) is 9.48 Å². The van der Waals surface area contributed by atoms with Gasteiger partial charge in [-0.15, -0.1) is 11.3 Å². The Hall–Kier alpha value is -2.93. The first-order valence-electron chi connectivity index (χ1n) is 9.18. The van der Waals surface area contributed by atoms with E-state index >= 15 is 0 Å². The van der Waals surface area contributed by atoms with Gasteiger partial charge in [0.25, 0.3) is 5.91 Å². The zero-order valence-electron chi connectivity index (χ0n) is 16.3. The molecule has 0 fully saturated rings. The highest BCUT2D eigenvalue weighted by Crippen LogP contribution is 2.31. The summed E-state index contributed by atoms with van der Waals surface area (Å²) < 4.78 is 8.75. The predicted molar refractivity (Wildman–Crippen MR) is 111 cm³/mol. The molecule has 3 aromatic heterocycles. The topological polar surface area (TPSA) is 73.0 Å². The summed E-state index contributed by atoms with van der Waals surface area (Å²) in [5.74, 6) is 0.678. The van der Waals surface area contributed by atoms with E-state index in [1.54, 1.807) is 23.5 Å². The van der Waals surface area contributed by atoms with Gasteiger partial charge in [-0.2, -0.15) is 5.10 Å². The molecule has 0 aliphatic rings. The predicted octanol–water partition coefficient (Wildman–Crippen LogP) is 4.27. The van der Waals surface area contributed by atoms with Gasteiger partial charge in [0.15, 0.2) is 16.5 Å². The molecule has 1 N–H and O–H groups in total. The van der Waals surface area contributed by atoms with E-state index in [1.807, 2.05) is 56.8 Å². The molecule has 0 saturated carbocycles. The molecular formula is C21H22N4O2S. The number of carbonyl (C=O) groups excluding carboxylic acids is 1. The fraction of sp³-hybridized carbons (Fsp3) is 0.286. The van der Waals surface area contributed by atoms with Crippen molar-refractivity contribution in [3.8, 4) is 10.8 Å². The molecule has 144 valence electrons. The van der Waals surface area contributed by atoms with Crippen molar-refractivity contribution in [2.75, 3.05) is 0 Å². The number of hydrogen-bond acceptors (Lipinski definition) is 5. The first-order valence-corrected chi connectivity index (χ1v) is 9.99. The summed E-state index contributed by atoms with van der Waals surface area (Å²) in [5, 5.41) is 8.22. The Labute approximate surface area is 167 Å². The molecule has 7 heteroatoms. The van der Waals surface area contributed by atoms with Crippen molar-refractivity contribution in [3.05, 3.63) is 59.1 Å². The second-order valence-corrected chi connectivity index (χ2v) is 8.03. The van der Waals surface area contributed by atoms with Crippen molar-refractivity contribution in [2.45, 2.75) is 33.2 Å². The van der Waals surface area contributed by atoms with Crippen LogP contribution >= 0.6 is 11.3 Å². The Morgan fingerprint density at radius 2 is 2.04 bits per heavy atom. The van der Waals surface area contributed by atoms with Crippen molar-refractivity contribution >= 4 is 27.5 Å². The molecule has 0 bridgehead atoms. The second kappa shape index (κ2) is 7.24. The van der Waals surface area contributed by atoms with Crippen LogP contribution in [-0.2, 0) is 13.5 Å². The largest absolute Gasteiger partial charge is 0.448 e. The molecule has 4 rings (SSSR count). The fourth-order valence-electron chi connectivity index (χ4n) is 3.32. The Kier molecular flexibility index (Phi) is 4.77. The van der Waals surface area contributed by atoms with Crippen LogP contribution in [0.2, 0.25) is 0 Å². The zero-order valence-corrected chi connectivity index (χ0v) is 17.1. The summed E-state index contributed by atoms with van der Waals surface area (Å²) in [6.07, 6.45) is 0.725. The number of nitrogens with one attached hydrogen (secondary N) is 1. The number of thiazole rings is 1. The van der Waals surface area contributed by atoms with Crippen LogP contribution in [-0.4, -0.2) is 26.7 Å². The standard InChI is InChI=1S/C21H22N4O2S/c1-12(11-15-13(2)24-25(4)14(15)3)22-20(26)17-9-10-18(27-17)21-23-16-7-5-6-8-19(16)28-21/h5-10,12H,11H2,1-4H3,(H,22,26). The van der Waals surface area contributed by atoms with Crippen molar-refractivity contribution < 1.29 is 9.21 Å². The van der Waals surface area contributed by atoms with Crippen LogP contribution in [0.15, 0.2) is 40.8 Å². The average molecular weight is 395 g/mol. The van der Waals surface area contributed by atoms with E-state index in [9.17, 15) is 4.79 Å². The van der Waals surface area contributed by atoms with Crippen LogP contribution in [0.5, 0.6) is 0 Å². The van der Waals surface area contributed by atoms with E-state index in [0.29, 0.717) is 11.5 Å². The quantitative estimate of drug-likeness (QED) is 0.549. The van der Waals surface area contributed by atoms with E-state index in [4.69, 9.17) is 4.42 Å². The molecule has 1 atom stereocenters. The molecule has 0 radical (unpaired) electrons. The monoisotopic (exact) mass is 394 g/mol. The minimum atomic E-state index is -0.223. The van der Waals surface area contributed by atoms with Crippen LogP contribution < -0.4 is 5.32 Å². The molecule has 1 amide bonds. The number of benzene rings is 1. The lowest BCUT2D eigenvalue weighted by Gasteiger charge is -2.13. The lowest BCUT2D eigenvalue weighted by Crippen LogP contribution is -2.34. The summed E-state index contributed by atoms with van der Waals surface area (Å²) >= 11 is 1.55. The Morgan fingerprint density at radius 1 is 1.25 bits per heavy atom. The van der Waals surface area contributed by atoms with Crippen LogP contribution in [0.25, 0.3) is 21.0 Å². The van der Waals surface area contributed by atoms with Gasteiger partial charge in [-0.1, -0.05) is 12.1 Å². The normalized spacial score (nSPS) is 12.4. The van der Waals surface area contributed by atoms with Crippen LogP contribution in [0.4, 0.5) is 0 Å². The number of aromatic nitrogens is 3. The summed E-state index contributed by atoms with van der Waals surface area (Å²) in [6.45, 7) is 6.02. The molecule has 1 aromatic carbocycles. The van der Waals surface area contributed by atoms with Crippen molar-refractivity contribution in [3.63, 3.8) is 0 Å². The lowest BCUT2D eigenvalue weighted by molar-refractivity contribution is 0.0913. The molecule has 3 heterocycles. The third-order valence-electron chi connectivity index (χ3n) is 4.88. The molecule has 6 nitrogen and oxygen atoms in total. The highest BCUT2D eigenvalue weighted by Gasteiger charge is 2.18. The minimum Gasteiger partial charge on any atom is -0.448 e. The van der Waals surface area contributed by atoms with E-state index in [0.717, 1.165) is 33.0 Å². The average Bonchev–Trinajstić information content (AvgIpc) is 3.36. The van der Waals surface area contributed by atoms with Gasteiger partial charge >= 0.3 is 0 Å². The van der Waals surface area contributed by atoms with E-state index < -0.39 is 0 Å². The maximum Gasteiger partial charge on any atom is 0.287 e. The number of furan rings is 1. The van der Waals surface area contributed by atoms with Crippen molar-refractivity contribution in [1.82, 2.24) is 20.1 Å². The Balaban J connectivity index is 1.46. The molecule has 0 saturated heterocycles. The summed E-state index contributed by atoms with van der Waals surface area (Å²) in [5.41, 5.74) is 4.22. The second-order valence-electron chi connectivity index (χ2n) is 7.00. The maximum absolute atomic E-state index is 12.6. The van der Waals surface area contributed by atoms with Gasteiger partial charge < -0.3 is 9.73 Å². The van der Waals surface area contributed by atoms with Gasteiger partial charge in [-0.25, -0.2) is 4.98 Å². The van der Waals surface area contributed by atoms with Gasteiger partial charge in [-0.05, 0) is 57.0 Å². The molecule has 4 aromatic rings. The molecule has 1 unspecified atom stereocenters. The van der Waals surface area contributed by atoms with Crippen molar-refractivity contribution in [2.24, 2.45) is 7.05 Å². The summed E-state index contributed by atoms with van der Waals surface area (Å²) in [6, 6.07) is 11.4. The maximum atomic E-state index is 12.6. The smallest absolute Gasteiger partial charge is 0.287 e. The molecule has 28 heavy (non-hydrogen) atoms. The Bertz CT molecular complexity index is 1120. The van der Waals surface area contributed by atoms with Crippen LogP contribution in [0, 0.1) is 13.8 Å². The number of carbonyl (C=O) groups is 1. The van der Waals surface area contributed by atoms with E-state index in [1.165, 1.54) is 5.56 Å². The van der Waals surface area contributed by atoms with Crippen LogP contribution in [0.3, 0.4) is 0 Å². The highest BCUT2D eigenvalue weighted by molar-refractivity contribution is 7.21. The number of para-hydroxylation sites is 1. The van der Waals surface area contributed by atoms with Crippen LogP contribution in [0.1, 0.15) is 34.4 Å². The number of rotatable bonds is 5. The first kappa shape index (κ1) is 18.4. The number of fused-ring (bicyclic) bond motifs is 1. The number of nitrogens with zero attached hydrogens (tertiary/aromatic N) is 3. The molecule has 0 spiro atoms. The third kappa shape index (κ3) is 3.45. The highest BCUT2D eigenvalue weighted by atomic mass is 32.1. The zero-order chi connectivity index (χ0) is 19.8. The van der Waals surface area contributed by atoms with Crippen molar-refractivity contribution in [1.29, 1.82) is 0 Å². The SMILES string of the molecule is Cc1nn(C)c(C)c1CC(C)NC(=O)c1ccc(-c2nc3ccccc3s2)o1.